The number of hydrogen-bond donors (Lipinski definition) is 2. The van der Waals surface area contributed by atoms with Crippen molar-refractivity contribution < 1.29 is 27.2 Å². The minimum absolute atomic E-state index is 0.0246. The van der Waals surface area contributed by atoms with E-state index in [9.17, 15) is 18.0 Å². The number of hydrogen-bond acceptors (Lipinski definition) is 6. The monoisotopic (exact) mass is 484 g/mol. The van der Waals surface area contributed by atoms with Crippen molar-refractivity contribution in [1.29, 1.82) is 0 Å². The SMILES string of the molecule is Cc1cc2occ(CC(=O)OCC(=O)Nc3c(Cl)cc(S(N)(=O)=O)cc3Cl)c2cc1C. The summed E-state index contributed by atoms with van der Waals surface area (Å²) in [7, 11) is -4.02. The van der Waals surface area contributed by atoms with Crippen molar-refractivity contribution in [2.75, 3.05) is 11.9 Å². The summed E-state index contributed by atoms with van der Waals surface area (Å²) in [5, 5.41) is 7.95. The van der Waals surface area contributed by atoms with E-state index in [1.54, 1.807) is 0 Å². The number of primary sulfonamides is 1. The van der Waals surface area contributed by atoms with Crippen LogP contribution in [0.5, 0.6) is 0 Å². The van der Waals surface area contributed by atoms with Crippen molar-refractivity contribution in [3.8, 4) is 0 Å². The number of carbonyl (C=O) groups excluding carboxylic acids is 2. The van der Waals surface area contributed by atoms with E-state index < -0.39 is 28.5 Å². The van der Waals surface area contributed by atoms with Crippen molar-refractivity contribution in [1.82, 2.24) is 0 Å². The first-order valence-electron chi connectivity index (χ1n) is 8.90. The van der Waals surface area contributed by atoms with Crippen LogP contribution in [0.25, 0.3) is 11.0 Å². The molecule has 1 amide bonds. The highest BCUT2D eigenvalue weighted by Gasteiger charge is 2.18. The summed E-state index contributed by atoms with van der Waals surface area (Å²) in [6, 6.07) is 5.93. The number of aryl methyl sites for hydroxylation is 2. The Kier molecular flexibility index (Phi) is 6.61. The van der Waals surface area contributed by atoms with Crippen LogP contribution in [0.3, 0.4) is 0 Å². The molecule has 3 rings (SSSR count). The summed E-state index contributed by atoms with van der Waals surface area (Å²) in [5.41, 5.74) is 3.42. The Hall–Kier alpha value is -2.59. The largest absolute Gasteiger partial charge is 0.464 e. The van der Waals surface area contributed by atoms with Gasteiger partial charge in [-0.05, 0) is 49.2 Å². The molecule has 3 aromatic rings. The van der Waals surface area contributed by atoms with Crippen LogP contribution >= 0.6 is 23.2 Å². The number of rotatable bonds is 6. The third kappa shape index (κ3) is 5.37. The van der Waals surface area contributed by atoms with Gasteiger partial charge in [-0.15, -0.1) is 0 Å². The van der Waals surface area contributed by atoms with Gasteiger partial charge in [0.05, 0.1) is 33.3 Å². The van der Waals surface area contributed by atoms with Crippen LogP contribution in [-0.2, 0) is 30.8 Å². The van der Waals surface area contributed by atoms with E-state index in [-0.39, 0.29) is 27.0 Å². The molecule has 2 aromatic carbocycles. The molecule has 0 atom stereocenters. The molecule has 0 bridgehead atoms. The highest BCUT2D eigenvalue weighted by Crippen LogP contribution is 2.33. The molecule has 0 saturated carbocycles. The van der Waals surface area contributed by atoms with Gasteiger partial charge in [0.2, 0.25) is 10.0 Å². The first-order valence-corrected chi connectivity index (χ1v) is 11.2. The van der Waals surface area contributed by atoms with Crippen molar-refractivity contribution in [2.24, 2.45) is 5.14 Å². The van der Waals surface area contributed by atoms with Crippen LogP contribution in [0.2, 0.25) is 10.0 Å². The van der Waals surface area contributed by atoms with E-state index >= 15 is 0 Å². The van der Waals surface area contributed by atoms with Crippen molar-refractivity contribution in [3.63, 3.8) is 0 Å². The quantitative estimate of drug-likeness (QED) is 0.512. The van der Waals surface area contributed by atoms with E-state index in [1.165, 1.54) is 6.26 Å². The van der Waals surface area contributed by atoms with Crippen molar-refractivity contribution in [2.45, 2.75) is 25.2 Å². The van der Waals surface area contributed by atoms with Gasteiger partial charge in [0.25, 0.3) is 5.91 Å². The molecule has 1 aromatic heterocycles. The summed E-state index contributed by atoms with van der Waals surface area (Å²) in [5.74, 6) is -1.33. The third-order valence-corrected chi connectivity index (χ3v) is 6.07. The maximum atomic E-state index is 12.2. The predicted molar refractivity (Wildman–Crippen MR) is 117 cm³/mol. The molecule has 0 radical (unpaired) electrons. The number of esters is 1. The van der Waals surface area contributed by atoms with Gasteiger partial charge in [0.15, 0.2) is 6.61 Å². The molecule has 0 aliphatic rings. The summed E-state index contributed by atoms with van der Waals surface area (Å²) in [4.78, 5) is 24.0. The smallest absolute Gasteiger partial charge is 0.310 e. The lowest BCUT2D eigenvalue weighted by Crippen LogP contribution is -2.22. The highest BCUT2D eigenvalue weighted by molar-refractivity contribution is 7.89. The van der Waals surface area contributed by atoms with Gasteiger partial charge in [0.1, 0.15) is 5.58 Å². The highest BCUT2D eigenvalue weighted by atomic mass is 35.5. The Morgan fingerprint density at radius 2 is 1.71 bits per heavy atom. The molecule has 11 heteroatoms. The lowest BCUT2D eigenvalue weighted by Gasteiger charge is -2.11. The molecule has 0 aliphatic carbocycles. The average molecular weight is 485 g/mol. The van der Waals surface area contributed by atoms with Crippen LogP contribution in [-0.4, -0.2) is 26.9 Å². The Bertz CT molecular complexity index is 1280. The Morgan fingerprint density at radius 1 is 1.10 bits per heavy atom. The number of furan rings is 1. The molecule has 0 saturated heterocycles. The first kappa shape index (κ1) is 23.1. The standard InChI is InChI=1S/C20H18Cl2N2O6S/c1-10-3-14-12(8-29-17(14)4-11(10)2)5-19(26)30-9-18(25)24-20-15(21)6-13(7-16(20)22)31(23,27)28/h3-4,6-8H,5,9H2,1-2H3,(H,24,25)(H2,23,27,28). The first-order chi connectivity index (χ1) is 14.5. The molecule has 0 unspecified atom stereocenters. The number of nitrogens with one attached hydrogen (secondary N) is 1. The van der Waals surface area contributed by atoms with E-state index in [0.717, 1.165) is 28.6 Å². The number of anilines is 1. The molecule has 164 valence electrons. The molecule has 0 fully saturated rings. The van der Waals surface area contributed by atoms with Crippen LogP contribution in [0, 0.1) is 13.8 Å². The van der Waals surface area contributed by atoms with Crippen molar-refractivity contribution in [3.05, 3.63) is 57.3 Å². The zero-order chi connectivity index (χ0) is 22.9. The molecular weight excluding hydrogens is 467 g/mol. The predicted octanol–water partition coefficient (Wildman–Crippen LogP) is 3.73. The maximum Gasteiger partial charge on any atom is 0.310 e. The lowest BCUT2D eigenvalue weighted by atomic mass is 10.0. The fraction of sp³-hybridized carbons (Fsp3) is 0.200. The second-order valence-electron chi connectivity index (χ2n) is 6.89. The van der Waals surface area contributed by atoms with Crippen molar-refractivity contribution >= 4 is 61.8 Å². The molecular formula is C20H18Cl2N2O6S. The molecule has 3 N–H and O–H groups in total. The summed E-state index contributed by atoms with van der Waals surface area (Å²) >= 11 is 12.0. The topological polar surface area (TPSA) is 129 Å². The number of nitrogens with two attached hydrogens (primary N) is 1. The Morgan fingerprint density at radius 3 is 2.32 bits per heavy atom. The fourth-order valence-electron chi connectivity index (χ4n) is 2.83. The zero-order valence-corrected chi connectivity index (χ0v) is 18.8. The second-order valence-corrected chi connectivity index (χ2v) is 9.26. The number of halogens is 2. The van der Waals surface area contributed by atoms with Gasteiger partial charge in [0, 0.05) is 10.9 Å². The Balaban J connectivity index is 1.63. The molecule has 0 aliphatic heterocycles. The normalized spacial score (nSPS) is 11.5. The third-order valence-electron chi connectivity index (χ3n) is 4.58. The summed E-state index contributed by atoms with van der Waals surface area (Å²) < 4.78 is 33.3. The number of sulfonamides is 1. The van der Waals surface area contributed by atoms with Gasteiger partial charge in [-0.3, -0.25) is 9.59 Å². The van der Waals surface area contributed by atoms with E-state index in [2.05, 4.69) is 5.32 Å². The number of ether oxygens (including phenoxy) is 1. The number of benzene rings is 2. The molecule has 8 nitrogen and oxygen atoms in total. The van der Waals surface area contributed by atoms with E-state index in [1.807, 2.05) is 26.0 Å². The minimum atomic E-state index is -4.02. The van der Waals surface area contributed by atoms with E-state index in [4.69, 9.17) is 37.5 Å². The fourth-order valence-corrected chi connectivity index (χ4v) is 4.11. The number of amides is 1. The maximum absolute atomic E-state index is 12.2. The summed E-state index contributed by atoms with van der Waals surface area (Å²) in [6.07, 6.45) is 1.41. The van der Waals surface area contributed by atoms with Gasteiger partial charge < -0.3 is 14.5 Å². The lowest BCUT2D eigenvalue weighted by molar-refractivity contribution is -0.146. The zero-order valence-electron chi connectivity index (χ0n) is 16.5. The van der Waals surface area contributed by atoms with Gasteiger partial charge in [-0.1, -0.05) is 23.2 Å². The van der Waals surface area contributed by atoms with Crippen LogP contribution in [0.15, 0.2) is 39.8 Å². The second kappa shape index (κ2) is 8.88. The van der Waals surface area contributed by atoms with Gasteiger partial charge in [-0.2, -0.15) is 0 Å². The molecule has 31 heavy (non-hydrogen) atoms. The van der Waals surface area contributed by atoms with Gasteiger partial charge in [-0.25, -0.2) is 13.6 Å². The van der Waals surface area contributed by atoms with E-state index in [0.29, 0.717) is 11.1 Å². The average Bonchev–Trinajstić information content (AvgIpc) is 3.04. The van der Waals surface area contributed by atoms with Crippen LogP contribution < -0.4 is 10.5 Å². The van der Waals surface area contributed by atoms with Gasteiger partial charge >= 0.3 is 5.97 Å². The number of carbonyl (C=O) groups is 2. The molecule has 0 spiro atoms. The number of fused-ring (bicyclic) bond motifs is 1. The molecule has 1 heterocycles. The minimum Gasteiger partial charge on any atom is -0.464 e. The summed E-state index contributed by atoms with van der Waals surface area (Å²) in [6.45, 7) is 3.33. The van der Waals surface area contributed by atoms with Crippen LogP contribution in [0.4, 0.5) is 5.69 Å². The Labute approximate surface area is 188 Å². The van der Waals surface area contributed by atoms with Crippen LogP contribution in [0.1, 0.15) is 16.7 Å².